The molecule has 4 atom stereocenters. The first-order valence-corrected chi connectivity index (χ1v) is 9.75. The van der Waals surface area contributed by atoms with Gasteiger partial charge in [-0.05, 0) is 12.1 Å². The van der Waals surface area contributed by atoms with Crippen LogP contribution >= 0.6 is 0 Å². The lowest BCUT2D eigenvalue weighted by Crippen LogP contribution is -2.34. The molecule has 4 aromatic heterocycles. The Morgan fingerprint density at radius 2 is 2.10 bits per heavy atom. The molecule has 2 aliphatic heterocycles. The van der Waals surface area contributed by atoms with Crippen molar-refractivity contribution in [3.8, 4) is 17.1 Å². The molecule has 0 aliphatic carbocycles. The topological polar surface area (TPSA) is 94.4 Å². The highest BCUT2D eigenvalue weighted by molar-refractivity contribution is 5.84. The van der Waals surface area contributed by atoms with Gasteiger partial charge >= 0.3 is 0 Å². The van der Waals surface area contributed by atoms with Crippen LogP contribution in [0.3, 0.4) is 0 Å². The van der Waals surface area contributed by atoms with E-state index in [0.717, 1.165) is 11.0 Å². The smallest absolute Gasteiger partial charge is 0.193 e. The summed E-state index contributed by atoms with van der Waals surface area (Å²) in [5, 5.41) is 10.8. The van der Waals surface area contributed by atoms with Gasteiger partial charge in [-0.25, -0.2) is 14.4 Å². The fraction of sp³-hybridized carbons (Fsp3) is 0.333. The second-order valence-electron chi connectivity index (χ2n) is 7.77. The molecule has 2 fully saturated rings. The summed E-state index contributed by atoms with van der Waals surface area (Å²) in [4.78, 5) is 12.0. The van der Waals surface area contributed by atoms with E-state index in [2.05, 4.69) is 15.0 Å². The lowest BCUT2D eigenvalue weighted by atomic mass is 10.1. The molecule has 0 unspecified atom stereocenters. The van der Waals surface area contributed by atoms with Gasteiger partial charge in [-0.2, -0.15) is 0 Å². The van der Waals surface area contributed by atoms with Crippen LogP contribution in [0.2, 0.25) is 0 Å². The van der Waals surface area contributed by atoms with Crippen molar-refractivity contribution in [2.75, 3.05) is 13.2 Å². The van der Waals surface area contributed by atoms with E-state index in [9.17, 15) is 9.50 Å². The number of aryl methyl sites for hydroxylation is 1. The van der Waals surface area contributed by atoms with Crippen LogP contribution in [0.1, 0.15) is 0 Å². The number of fused-ring (bicyclic) bond motifs is 3. The van der Waals surface area contributed by atoms with Crippen LogP contribution in [-0.4, -0.2) is 62.3 Å². The summed E-state index contributed by atoms with van der Waals surface area (Å²) in [5.74, 6) is 0.00409. The second kappa shape index (κ2) is 6.49. The van der Waals surface area contributed by atoms with Gasteiger partial charge in [0, 0.05) is 42.5 Å². The zero-order chi connectivity index (χ0) is 20.4. The maximum absolute atomic E-state index is 14.8. The first-order valence-electron chi connectivity index (χ1n) is 9.75. The Morgan fingerprint density at radius 3 is 3.00 bits per heavy atom. The van der Waals surface area contributed by atoms with E-state index in [4.69, 9.17) is 14.2 Å². The van der Waals surface area contributed by atoms with Crippen LogP contribution in [0.5, 0.6) is 5.88 Å². The third-order valence-corrected chi connectivity index (χ3v) is 5.77. The molecular formula is C21H19FN4O4. The quantitative estimate of drug-likeness (QED) is 0.538. The summed E-state index contributed by atoms with van der Waals surface area (Å²) in [7, 11) is 1.91. The number of aliphatic hydroxyl groups excluding tert-OH is 1. The molecule has 8 nitrogen and oxygen atoms in total. The van der Waals surface area contributed by atoms with Crippen molar-refractivity contribution >= 4 is 22.1 Å². The second-order valence-corrected chi connectivity index (χ2v) is 7.77. The highest BCUT2D eigenvalue weighted by atomic mass is 19.1. The van der Waals surface area contributed by atoms with E-state index in [1.54, 1.807) is 12.3 Å². The Morgan fingerprint density at radius 1 is 1.23 bits per heavy atom. The largest absolute Gasteiger partial charge is 0.470 e. The minimum Gasteiger partial charge on any atom is -0.470 e. The maximum atomic E-state index is 14.8. The molecule has 6 rings (SSSR count). The molecule has 0 bridgehead atoms. The summed E-state index contributed by atoms with van der Waals surface area (Å²) in [6.45, 7) is 0.551. The normalized spacial score (nSPS) is 26.0. The lowest BCUT2D eigenvalue weighted by Gasteiger charge is -2.16. The number of hydrogen-bond donors (Lipinski definition) is 2. The van der Waals surface area contributed by atoms with Crippen molar-refractivity contribution in [2.24, 2.45) is 7.05 Å². The number of H-pyrrole nitrogens is 1. The first-order chi connectivity index (χ1) is 14.6. The Labute approximate surface area is 170 Å². The molecule has 30 heavy (non-hydrogen) atoms. The third kappa shape index (κ3) is 2.70. The van der Waals surface area contributed by atoms with Crippen molar-refractivity contribution in [2.45, 2.75) is 24.4 Å². The fourth-order valence-electron chi connectivity index (χ4n) is 4.26. The van der Waals surface area contributed by atoms with E-state index in [1.165, 1.54) is 6.07 Å². The van der Waals surface area contributed by atoms with E-state index >= 15 is 0 Å². The molecule has 0 spiro atoms. The standard InChI is InChI=1S/C21H19FN4O4/c1-26-3-2-10-4-11(7-23-21(10)26)18-12(22)5-13-14(25-18)6-17(24-13)30-16-9-29-19-15(27)8-28-20(16)19/h2-7,15-16,19-20,24,27H,8-9H2,1H3/t15-,16-,19-,20-/m1/s1. The Balaban J connectivity index is 1.32. The SMILES string of the molecule is Cn1ccc2cc(-c3nc4cc(O[C@@H]5CO[C@H]6[C@@H]5OC[C@H]6O)[nH]c4cc3F)cnc21. The number of halogens is 1. The molecule has 2 aliphatic rings. The van der Waals surface area contributed by atoms with E-state index in [0.29, 0.717) is 29.1 Å². The number of pyridine rings is 2. The van der Waals surface area contributed by atoms with E-state index in [-0.39, 0.29) is 30.6 Å². The van der Waals surface area contributed by atoms with Crippen molar-refractivity contribution in [3.63, 3.8) is 0 Å². The molecule has 0 radical (unpaired) electrons. The van der Waals surface area contributed by atoms with Gasteiger partial charge in [0.1, 0.15) is 29.7 Å². The number of aliphatic hydroxyl groups is 1. The Bertz CT molecular complexity index is 1270. The van der Waals surface area contributed by atoms with Crippen LogP contribution in [0, 0.1) is 5.82 Å². The molecule has 0 saturated carbocycles. The van der Waals surface area contributed by atoms with Crippen LogP contribution in [-0.2, 0) is 16.5 Å². The van der Waals surface area contributed by atoms with Gasteiger partial charge in [-0.1, -0.05) is 0 Å². The zero-order valence-corrected chi connectivity index (χ0v) is 16.1. The molecule has 0 aromatic carbocycles. The molecule has 6 heterocycles. The molecule has 4 aromatic rings. The van der Waals surface area contributed by atoms with Crippen molar-refractivity contribution in [1.82, 2.24) is 19.5 Å². The van der Waals surface area contributed by atoms with Crippen molar-refractivity contribution < 1.29 is 23.7 Å². The monoisotopic (exact) mass is 410 g/mol. The Hall–Kier alpha value is -3.01. The van der Waals surface area contributed by atoms with Crippen molar-refractivity contribution in [3.05, 3.63) is 42.5 Å². The number of nitrogens with zero attached hydrogens (tertiary/aromatic N) is 3. The number of aromatic nitrogens is 4. The minimum atomic E-state index is -0.639. The highest BCUT2D eigenvalue weighted by Crippen LogP contribution is 2.32. The van der Waals surface area contributed by atoms with Gasteiger partial charge in [0.25, 0.3) is 0 Å². The summed E-state index contributed by atoms with van der Waals surface area (Å²) in [6, 6.07) is 6.95. The van der Waals surface area contributed by atoms with Gasteiger partial charge in [-0.15, -0.1) is 0 Å². The number of aromatic amines is 1. The van der Waals surface area contributed by atoms with Crippen molar-refractivity contribution in [1.29, 1.82) is 0 Å². The Kier molecular flexibility index (Phi) is 3.86. The van der Waals surface area contributed by atoms with Gasteiger partial charge in [0.2, 0.25) is 0 Å². The van der Waals surface area contributed by atoms with Crippen LogP contribution in [0.4, 0.5) is 4.39 Å². The van der Waals surface area contributed by atoms with Gasteiger partial charge < -0.3 is 28.9 Å². The summed E-state index contributed by atoms with van der Waals surface area (Å²) >= 11 is 0. The zero-order valence-electron chi connectivity index (χ0n) is 16.1. The fourth-order valence-corrected chi connectivity index (χ4v) is 4.26. The average Bonchev–Trinajstić information content (AvgIpc) is 3.48. The lowest BCUT2D eigenvalue weighted by molar-refractivity contribution is 0.00794. The number of rotatable bonds is 3. The van der Waals surface area contributed by atoms with Gasteiger partial charge in [0.05, 0.1) is 24.2 Å². The molecule has 2 N–H and O–H groups in total. The predicted octanol–water partition coefficient (Wildman–Crippen LogP) is 2.16. The molecule has 154 valence electrons. The molecule has 0 amide bonds. The molecule has 9 heteroatoms. The first kappa shape index (κ1) is 17.8. The third-order valence-electron chi connectivity index (χ3n) is 5.77. The van der Waals surface area contributed by atoms with Gasteiger partial charge in [0.15, 0.2) is 17.8 Å². The summed E-state index contributed by atoms with van der Waals surface area (Å²) < 4.78 is 33.9. The highest BCUT2D eigenvalue weighted by Gasteiger charge is 2.48. The molecular weight excluding hydrogens is 391 g/mol. The average molecular weight is 410 g/mol. The van der Waals surface area contributed by atoms with E-state index in [1.807, 2.05) is 29.9 Å². The minimum absolute atomic E-state index is 0.234. The van der Waals surface area contributed by atoms with Gasteiger partial charge in [-0.3, -0.25) is 0 Å². The number of hydrogen-bond acceptors (Lipinski definition) is 6. The number of nitrogens with one attached hydrogen (secondary N) is 1. The number of ether oxygens (including phenoxy) is 3. The van der Waals surface area contributed by atoms with Crippen LogP contribution in [0.25, 0.3) is 33.3 Å². The summed E-state index contributed by atoms with van der Waals surface area (Å²) in [5.41, 5.74) is 2.78. The molecule has 2 saturated heterocycles. The van der Waals surface area contributed by atoms with Crippen LogP contribution < -0.4 is 4.74 Å². The maximum Gasteiger partial charge on any atom is 0.193 e. The predicted molar refractivity (Wildman–Crippen MR) is 106 cm³/mol. The van der Waals surface area contributed by atoms with E-state index < -0.39 is 11.9 Å². The van der Waals surface area contributed by atoms with Crippen LogP contribution in [0.15, 0.2) is 36.7 Å². The summed E-state index contributed by atoms with van der Waals surface area (Å²) in [6.07, 6.45) is 1.85.